The van der Waals surface area contributed by atoms with Gasteiger partial charge in [-0.25, -0.2) is 8.42 Å². The fourth-order valence-electron chi connectivity index (χ4n) is 3.42. The molecule has 0 aromatic heterocycles. The number of hydrogen-bond donors (Lipinski definition) is 1. The summed E-state index contributed by atoms with van der Waals surface area (Å²) in [7, 11) is -3.02. The summed E-state index contributed by atoms with van der Waals surface area (Å²) in [5.74, 6) is 1.62. The van der Waals surface area contributed by atoms with Crippen molar-refractivity contribution in [3.05, 3.63) is 0 Å². The molecule has 5 heteroatoms. The van der Waals surface area contributed by atoms with Crippen LogP contribution < -0.4 is 5.32 Å². The second-order valence-corrected chi connectivity index (χ2v) is 10.4. The fraction of sp³-hybridized carbons (Fsp3) is 1.00. The molecule has 2 heterocycles. The lowest BCUT2D eigenvalue weighted by Gasteiger charge is -2.36. The smallest absolute Gasteiger partial charge is 0.156 e. The van der Waals surface area contributed by atoms with Crippen molar-refractivity contribution in [1.82, 2.24) is 10.2 Å². The highest BCUT2D eigenvalue weighted by molar-refractivity contribution is 7.92. The van der Waals surface area contributed by atoms with Crippen LogP contribution in [0.2, 0.25) is 0 Å². The van der Waals surface area contributed by atoms with Gasteiger partial charge in [0.05, 0.1) is 10.5 Å². The van der Waals surface area contributed by atoms with Gasteiger partial charge in [-0.05, 0) is 53.0 Å². The molecule has 2 rings (SSSR count). The first kappa shape index (κ1) is 15.3. The van der Waals surface area contributed by atoms with Crippen LogP contribution in [0.4, 0.5) is 0 Å². The Labute approximate surface area is 117 Å². The second kappa shape index (κ2) is 4.71. The monoisotopic (exact) mass is 288 g/mol. The van der Waals surface area contributed by atoms with Crippen LogP contribution in [-0.4, -0.2) is 55.5 Å². The largest absolute Gasteiger partial charge is 0.316 e. The third-order valence-electron chi connectivity index (χ3n) is 5.08. The number of nitrogens with zero attached hydrogens (tertiary/aromatic N) is 1. The molecule has 0 aromatic carbocycles. The Bertz CT molecular complexity index is 437. The zero-order chi connectivity index (χ0) is 14.5. The van der Waals surface area contributed by atoms with Crippen molar-refractivity contribution >= 4 is 9.84 Å². The van der Waals surface area contributed by atoms with Crippen molar-refractivity contribution in [2.24, 2.45) is 11.8 Å². The van der Waals surface area contributed by atoms with E-state index in [4.69, 9.17) is 0 Å². The van der Waals surface area contributed by atoms with E-state index in [1.807, 2.05) is 0 Å². The van der Waals surface area contributed by atoms with Gasteiger partial charge in [0, 0.05) is 25.2 Å². The van der Waals surface area contributed by atoms with E-state index >= 15 is 0 Å². The average Bonchev–Trinajstić information content (AvgIpc) is 2.77. The van der Waals surface area contributed by atoms with Gasteiger partial charge < -0.3 is 5.32 Å². The molecule has 2 fully saturated rings. The minimum Gasteiger partial charge on any atom is -0.316 e. The second-order valence-electron chi connectivity index (χ2n) is 7.56. The summed E-state index contributed by atoms with van der Waals surface area (Å²) >= 11 is 0. The predicted octanol–water partition coefficient (Wildman–Crippen LogP) is 1.13. The standard InChI is InChI=1S/C14H28N2O2S/c1-13(2,3)19(17,18)7-6-16-10-11-8-15-9-12(11)14(16,4)5/h11-12,15H,6-10H2,1-5H3. The van der Waals surface area contributed by atoms with E-state index in [9.17, 15) is 8.42 Å². The molecule has 0 aromatic rings. The first-order valence-corrected chi connectivity index (χ1v) is 8.89. The van der Waals surface area contributed by atoms with Crippen LogP contribution in [0, 0.1) is 11.8 Å². The lowest BCUT2D eigenvalue weighted by Crippen LogP contribution is -2.47. The minimum atomic E-state index is -3.02. The summed E-state index contributed by atoms with van der Waals surface area (Å²) in [5, 5.41) is 3.45. The molecule has 0 bridgehead atoms. The molecule has 4 nitrogen and oxygen atoms in total. The Kier molecular flexibility index (Phi) is 3.78. The molecule has 0 aliphatic carbocycles. The third kappa shape index (κ3) is 2.69. The summed E-state index contributed by atoms with van der Waals surface area (Å²) in [6.45, 7) is 13.7. The SMILES string of the molecule is CC1(C)C2CNCC2CN1CCS(=O)(=O)C(C)(C)C. The number of sulfone groups is 1. The molecule has 0 saturated carbocycles. The predicted molar refractivity (Wildman–Crippen MR) is 79.0 cm³/mol. The van der Waals surface area contributed by atoms with Crippen LogP contribution >= 0.6 is 0 Å². The highest BCUT2D eigenvalue weighted by Crippen LogP contribution is 2.40. The number of fused-ring (bicyclic) bond motifs is 1. The van der Waals surface area contributed by atoms with E-state index in [2.05, 4.69) is 24.1 Å². The number of likely N-dealkylation sites (tertiary alicyclic amines) is 1. The van der Waals surface area contributed by atoms with E-state index in [1.165, 1.54) is 0 Å². The highest BCUT2D eigenvalue weighted by Gasteiger charge is 2.49. The van der Waals surface area contributed by atoms with Crippen molar-refractivity contribution in [2.75, 3.05) is 31.9 Å². The molecule has 2 aliphatic rings. The van der Waals surface area contributed by atoms with Gasteiger partial charge in [0.15, 0.2) is 9.84 Å². The fourth-order valence-corrected chi connectivity index (χ4v) is 4.49. The van der Waals surface area contributed by atoms with Crippen molar-refractivity contribution < 1.29 is 8.42 Å². The first-order chi connectivity index (χ1) is 8.56. The molecule has 0 amide bonds. The average molecular weight is 288 g/mol. The zero-order valence-corrected chi connectivity index (χ0v) is 13.7. The highest BCUT2D eigenvalue weighted by atomic mass is 32.2. The summed E-state index contributed by atoms with van der Waals surface area (Å²) in [4.78, 5) is 2.38. The van der Waals surface area contributed by atoms with E-state index in [0.29, 0.717) is 18.4 Å². The molecule has 2 unspecified atom stereocenters. The molecule has 2 aliphatic heterocycles. The molecular formula is C14H28N2O2S. The number of rotatable bonds is 3. The van der Waals surface area contributed by atoms with Crippen LogP contribution in [0.3, 0.4) is 0 Å². The molecule has 2 atom stereocenters. The minimum absolute atomic E-state index is 0.113. The Balaban J connectivity index is 2.02. The maximum absolute atomic E-state index is 12.2. The molecular weight excluding hydrogens is 260 g/mol. The molecule has 19 heavy (non-hydrogen) atoms. The third-order valence-corrected chi connectivity index (χ3v) is 7.67. The van der Waals surface area contributed by atoms with Crippen LogP contribution in [-0.2, 0) is 9.84 Å². The van der Waals surface area contributed by atoms with Gasteiger partial charge in [0.2, 0.25) is 0 Å². The van der Waals surface area contributed by atoms with Crippen LogP contribution in [0.5, 0.6) is 0 Å². The summed E-state index contributed by atoms with van der Waals surface area (Å²) in [6.07, 6.45) is 0. The molecule has 1 N–H and O–H groups in total. The van der Waals surface area contributed by atoms with E-state index in [-0.39, 0.29) is 11.3 Å². The van der Waals surface area contributed by atoms with Gasteiger partial charge in [-0.2, -0.15) is 0 Å². The lowest BCUT2D eigenvalue weighted by atomic mass is 9.85. The Morgan fingerprint density at radius 2 is 1.89 bits per heavy atom. The molecule has 0 spiro atoms. The van der Waals surface area contributed by atoms with Crippen LogP contribution in [0.25, 0.3) is 0 Å². The maximum Gasteiger partial charge on any atom is 0.156 e. The Morgan fingerprint density at radius 1 is 1.26 bits per heavy atom. The van der Waals surface area contributed by atoms with Gasteiger partial charge in [0.25, 0.3) is 0 Å². The number of nitrogens with one attached hydrogen (secondary N) is 1. The normalized spacial score (nSPS) is 31.6. The van der Waals surface area contributed by atoms with E-state index in [0.717, 1.165) is 19.6 Å². The Hall–Kier alpha value is -0.130. The van der Waals surface area contributed by atoms with Gasteiger partial charge in [0.1, 0.15) is 0 Å². The van der Waals surface area contributed by atoms with Gasteiger partial charge >= 0.3 is 0 Å². The molecule has 0 radical (unpaired) electrons. The van der Waals surface area contributed by atoms with Crippen molar-refractivity contribution in [2.45, 2.75) is 44.9 Å². The zero-order valence-electron chi connectivity index (χ0n) is 12.9. The van der Waals surface area contributed by atoms with E-state index in [1.54, 1.807) is 20.8 Å². The maximum atomic E-state index is 12.2. The summed E-state index contributed by atoms with van der Waals surface area (Å²) < 4.78 is 23.8. The topological polar surface area (TPSA) is 49.4 Å². The first-order valence-electron chi connectivity index (χ1n) is 7.24. The molecule has 112 valence electrons. The molecule has 2 saturated heterocycles. The lowest BCUT2D eigenvalue weighted by molar-refractivity contribution is 0.148. The van der Waals surface area contributed by atoms with Crippen molar-refractivity contribution in [1.29, 1.82) is 0 Å². The summed E-state index contributed by atoms with van der Waals surface area (Å²) in [5.41, 5.74) is 0.113. The van der Waals surface area contributed by atoms with Gasteiger partial charge in [-0.15, -0.1) is 0 Å². The number of hydrogen-bond acceptors (Lipinski definition) is 4. The van der Waals surface area contributed by atoms with Crippen LogP contribution in [0.15, 0.2) is 0 Å². The quantitative estimate of drug-likeness (QED) is 0.846. The van der Waals surface area contributed by atoms with Crippen molar-refractivity contribution in [3.8, 4) is 0 Å². The van der Waals surface area contributed by atoms with Crippen molar-refractivity contribution in [3.63, 3.8) is 0 Å². The summed E-state index contributed by atoms with van der Waals surface area (Å²) in [6, 6.07) is 0. The van der Waals surface area contributed by atoms with Gasteiger partial charge in [-0.1, -0.05) is 0 Å². The van der Waals surface area contributed by atoms with E-state index < -0.39 is 14.6 Å². The Morgan fingerprint density at radius 3 is 2.42 bits per heavy atom. The van der Waals surface area contributed by atoms with Gasteiger partial charge in [-0.3, -0.25) is 4.90 Å². The van der Waals surface area contributed by atoms with Crippen LogP contribution in [0.1, 0.15) is 34.6 Å².